The van der Waals surface area contributed by atoms with Crippen molar-refractivity contribution >= 4 is 27.7 Å². The predicted molar refractivity (Wildman–Crippen MR) is 53.8 cm³/mol. The van der Waals surface area contributed by atoms with Gasteiger partial charge in [0, 0.05) is 6.42 Å². The SMILES string of the molecule is C=C(C)CCC(=O)C(Br)C(=O)OC. The number of allylic oxidation sites excluding steroid dienone is 1. The third-order valence-corrected chi connectivity index (χ3v) is 2.37. The lowest BCUT2D eigenvalue weighted by Crippen LogP contribution is -2.25. The maximum atomic E-state index is 11.3. The van der Waals surface area contributed by atoms with E-state index < -0.39 is 10.8 Å². The van der Waals surface area contributed by atoms with Gasteiger partial charge in [0.2, 0.25) is 0 Å². The Hall–Kier alpha value is -0.640. The topological polar surface area (TPSA) is 43.4 Å². The minimum atomic E-state index is -0.836. The van der Waals surface area contributed by atoms with Crippen LogP contribution in [0.3, 0.4) is 0 Å². The molecule has 0 fully saturated rings. The van der Waals surface area contributed by atoms with E-state index in [1.165, 1.54) is 7.11 Å². The van der Waals surface area contributed by atoms with E-state index in [2.05, 4.69) is 27.2 Å². The molecule has 0 aliphatic heterocycles. The molecule has 13 heavy (non-hydrogen) atoms. The van der Waals surface area contributed by atoms with Crippen molar-refractivity contribution in [1.29, 1.82) is 0 Å². The number of ether oxygens (including phenoxy) is 1. The van der Waals surface area contributed by atoms with Crippen molar-refractivity contribution in [2.24, 2.45) is 0 Å². The molecule has 0 heterocycles. The number of hydrogen-bond donors (Lipinski definition) is 0. The molecule has 0 amide bonds. The second kappa shape index (κ2) is 5.91. The molecule has 0 aliphatic carbocycles. The molecule has 0 aromatic rings. The van der Waals surface area contributed by atoms with Crippen LogP contribution in [0.15, 0.2) is 12.2 Å². The van der Waals surface area contributed by atoms with E-state index in [1.807, 2.05) is 6.92 Å². The standard InChI is InChI=1S/C9H13BrO3/c1-6(2)4-5-7(11)8(10)9(12)13-3/h8H,1,4-5H2,2-3H3. The van der Waals surface area contributed by atoms with Gasteiger partial charge in [-0.15, -0.1) is 6.58 Å². The van der Waals surface area contributed by atoms with E-state index in [-0.39, 0.29) is 5.78 Å². The average molecular weight is 249 g/mol. The number of Topliss-reactive ketones (excluding diaryl/α,β-unsaturated/α-hetero) is 1. The monoisotopic (exact) mass is 248 g/mol. The molecule has 4 heteroatoms. The second-order valence-corrected chi connectivity index (χ2v) is 3.72. The number of hydrogen-bond acceptors (Lipinski definition) is 3. The molecule has 3 nitrogen and oxygen atoms in total. The lowest BCUT2D eigenvalue weighted by atomic mass is 10.1. The molecule has 1 unspecified atom stereocenters. The zero-order valence-corrected chi connectivity index (χ0v) is 9.39. The predicted octanol–water partition coefficient (Wildman–Crippen LogP) is 1.85. The molecule has 1 atom stereocenters. The highest BCUT2D eigenvalue weighted by molar-refractivity contribution is 9.10. The van der Waals surface area contributed by atoms with Gasteiger partial charge in [-0.05, 0) is 13.3 Å². The summed E-state index contributed by atoms with van der Waals surface area (Å²) in [7, 11) is 1.25. The smallest absolute Gasteiger partial charge is 0.327 e. The number of halogens is 1. The summed E-state index contributed by atoms with van der Waals surface area (Å²) in [4.78, 5) is 21.3. The fourth-order valence-corrected chi connectivity index (χ4v) is 1.11. The summed E-state index contributed by atoms with van der Waals surface area (Å²) in [5.74, 6) is -0.721. The van der Waals surface area contributed by atoms with Crippen LogP contribution in [0.4, 0.5) is 0 Å². The van der Waals surface area contributed by atoms with Crippen LogP contribution in [0.25, 0.3) is 0 Å². The quantitative estimate of drug-likeness (QED) is 0.323. The number of methoxy groups -OCH3 is 1. The summed E-state index contributed by atoms with van der Waals surface area (Å²) >= 11 is 2.97. The molecule has 0 saturated heterocycles. The lowest BCUT2D eigenvalue weighted by molar-refractivity contribution is -0.142. The van der Waals surface area contributed by atoms with Gasteiger partial charge in [0.05, 0.1) is 7.11 Å². The summed E-state index contributed by atoms with van der Waals surface area (Å²) < 4.78 is 4.41. The molecule has 0 saturated carbocycles. The van der Waals surface area contributed by atoms with Gasteiger partial charge >= 0.3 is 5.97 Å². The van der Waals surface area contributed by atoms with E-state index in [9.17, 15) is 9.59 Å². The van der Waals surface area contributed by atoms with Crippen molar-refractivity contribution < 1.29 is 14.3 Å². The molecule has 0 aliphatic rings. The zero-order valence-electron chi connectivity index (χ0n) is 7.80. The number of ketones is 1. The fourth-order valence-electron chi connectivity index (χ4n) is 0.698. The fraction of sp³-hybridized carbons (Fsp3) is 0.556. The highest BCUT2D eigenvalue weighted by Gasteiger charge is 2.23. The zero-order chi connectivity index (χ0) is 10.4. The number of rotatable bonds is 5. The van der Waals surface area contributed by atoms with Crippen LogP contribution in [0.2, 0.25) is 0 Å². The first-order chi connectivity index (χ1) is 5.99. The van der Waals surface area contributed by atoms with Gasteiger partial charge in [-0.3, -0.25) is 9.59 Å². The Kier molecular flexibility index (Phi) is 5.62. The maximum absolute atomic E-state index is 11.3. The third-order valence-electron chi connectivity index (χ3n) is 1.49. The first kappa shape index (κ1) is 12.4. The molecule has 0 radical (unpaired) electrons. The summed E-state index contributed by atoms with van der Waals surface area (Å²) in [6.07, 6.45) is 0.929. The Morgan fingerprint density at radius 2 is 2.00 bits per heavy atom. The van der Waals surface area contributed by atoms with Crippen LogP contribution >= 0.6 is 15.9 Å². The molecule has 0 N–H and O–H groups in total. The lowest BCUT2D eigenvalue weighted by Gasteiger charge is -2.05. The highest BCUT2D eigenvalue weighted by atomic mass is 79.9. The van der Waals surface area contributed by atoms with Gasteiger partial charge in [0.1, 0.15) is 0 Å². The second-order valence-electron chi connectivity index (χ2n) is 2.81. The van der Waals surface area contributed by atoms with Crippen LogP contribution in [0, 0.1) is 0 Å². The van der Waals surface area contributed by atoms with Gasteiger partial charge in [0.15, 0.2) is 10.6 Å². The summed E-state index contributed by atoms with van der Waals surface area (Å²) in [6.45, 7) is 5.51. The summed E-state index contributed by atoms with van der Waals surface area (Å²) in [5.41, 5.74) is 0.929. The van der Waals surface area contributed by atoms with Crippen LogP contribution in [-0.2, 0) is 14.3 Å². The largest absolute Gasteiger partial charge is 0.468 e. The third kappa shape index (κ3) is 4.83. The van der Waals surface area contributed by atoms with E-state index in [0.717, 1.165) is 5.57 Å². The Labute approximate surface area is 86.3 Å². The van der Waals surface area contributed by atoms with Crippen molar-refractivity contribution in [2.75, 3.05) is 7.11 Å². The van der Waals surface area contributed by atoms with Crippen LogP contribution in [-0.4, -0.2) is 23.7 Å². The number of esters is 1. The minimum Gasteiger partial charge on any atom is -0.468 e. The molecule has 74 valence electrons. The normalized spacial score (nSPS) is 11.9. The van der Waals surface area contributed by atoms with Crippen molar-refractivity contribution in [2.45, 2.75) is 24.6 Å². The molecule has 0 rings (SSSR count). The molecular formula is C9H13BrO3. The Bertz CT molecular complexity index is 223. The van der Waals surface area contributed by atoms with Crippen molar-refractivity contribution in [3.05, 3.63) is 12.2 Å². The van der Waals surface area contributed by atoms with Crippen molar-refractivity contribution in [3.8, 4) is 0 Å². The van der Waals surface area contributed by atoms with Gasteiger partial charge in [-0.25, -0.2) is 0 Å². The summed E-state index contributed by atoms with van der Waals surface area (Å²) in [5, 5.41) is 0. The van der Waals surface area contributed by atoms with Gasteiger partial charge < -0.3 is 4.74 Å². The molecule has 0 spiro atoms. The van der Waals surface area contributed by atoms with Crippen molar-refractivity contribution in [3.63, 3.8) is 0 Å². The Morgan fingerprint density at radius 3 is 2.38 bits per heavy atom. The summed E-state index contributed by atoms with van der Waals surface area (Å²) in [6, 6.07) is 0. The first-order valence-corrected chi connectivity index (χ1v) is 4.79. The molecule has 0 aromatic heterocycles. The molecule has 0 bridgehead atoms. The van der Waals surface area contributed by atoms with Crippen LogP contribution in [0.5, 0.6) is 0 Å². The Morgan fingerprint density at radius 1 is 1.46 bits per heavy atom. The van der Waals surface area contributed by atoms with Gasteiger partial charge in [0.25, 0.3) is 0 Å². The van der Waals surface area contributed by atoms with Gasteiger partial charge in [-0.1, -0.05) is 21.5 Å². The highest BCUT2D eigenvalue weighted by Crippen LogP contribution is 2.10. The van der Waals surface area contributed by atoms with E-state index in [1.54, 1.807) is 0 Å². The number of carbonyl (C=O) groups excluding carboxylic acids is 2. The Balaban J connectivity index is 3.96. The number of carbonyl (C=O) groups is 2. The maximum Gasteiger partial charge on any atom is 0.327 e. The molecular weight excluding hydrogens is 236 g/mol. The average Bonchev–Trinajstić information content (AvgIpc) is 2.11. The van der Waals surface area contributed by atoms with E-state index in [0.29, 0.717) is 12.8 Å². The van der Waals surface area contributed by atoms with Gasteiger partial charge in [-0.2, -0.15) is 0 Å². The van der Waals surface area contributed by atoms with Crippen LogP contribution in [0.1, 0.15) is 19.8 Å². The first-order valence-electron chi connectivity index (χ1n) is 3.88. The van der Waals surface area contributed by atoms with E-state index >= 15 is 0 Å². The molecule has 0 aromatic carbocycles. The minimum absolute atomic E-state index is 0.171. The van der Waals surface area contributed by atoms with E-state index in [4.69, 9.17) is 0 Å². The van der Waals surface area contributed by atoms with Crippen molar-refractivity contribution in [1.82, 2.24) is 0 Å². The number of alkyl halides is 1. The van der Waals surface area contributed by atoms with Crippen LogP contribution < -0.4 is 0 Å².